The Labute approximate surface area is 130 Å². The third-order valence-electron chi connectivity index (χ3n) is 3.11. The molecule has 0 aromatic heterocycles. The molecule has 21 heavy (non-hydrogen) atoms. The first-order valence-electron chi connectivity index (χ1n) is 7.02. The molecule has 0 radical (unpaired) electrons. The number of para-hydroxylation sites is 1. The molecule has 0 spiro atoms. The van der Waals surface area contributed by atoms with Crippen molar-refractivity contribution in [3.8, 4) is 0 Å². The Morgan fingerprint density at radius 2 is 1.90 bits per heavy atom. The van der Waals surface area contributed by atoms with Gasteiger partial charge in [0, 0.05) is 12.2 Å². The van der Waals surface area contributed by atoms with Gasteiger partial charge in [0.05, 0.1) is 16.3 Å². The molecule has 0 aliphatic rings. The van der Waals surface area contributed by atoms with E-state index in [0.717, 1.165) is 24.2 Å². The lowest BCUT2D eigenvalue weighted by Gasteiger charge is -2.12. The first-order valence-corrected chi connectivity index (χ1v) is 7.40. The van der Waals surface area contributed by atoms with Crippen molar-refractivity contribution in [2.24, 2.45) is 0 Å². The van der Waals surface area contributed by atoms with E-state index in [1.54, 1.807) is 6.07 Å². The molecule has 0 saturated carbocycles. The van der Waals surface area contributed by atoms with Gasteiger partial charge in [-0.05, 0) is 43.2 Å². The molecule has 0 heterocycles. The van der Waals surface area contributed by atoms with Crippen LogP contribution in [-0.2, 0) is 0 Å². The average Bonchev–Trinajstić information content (AvgIpc) is 2.48. The molecule has 4 heteroatoms. The van der Waals surface area contributed by atoms with Gasteiger partial charge >= 0.3 is 0 Å². The highest BCUT2D eigenvalue weighted by Crippen LogP contribution is 2.24. The number of amides is 1. The smallest absolute Gasteiger partial charge is 0.257 e. The number of hydrogen-bond donors (Lipinski definition) is 2. The molecule has 0 saturated heterocycles. The maximum absolute atomic E-state index is 12.4. The zero-order chi connectivity index (χ0) is 15.2. The van der Waals surface area contributed by atoms with Crippen molar-refractivity contribution in [3.05, 3.63) is 58.6 Å². The minimum Gasteiger partial charge on any atom is -0.384 e. The van der Waals surface area contributed by atoms with Crippen molar-refractivity contribution >= 4 is 28.9 Å². The summed E-state index contributed by atoms with van der Waals surface area (Å²) in [5.41, 5.74) is 3.13. The Hall–Kier alpha value is -2.00. The van der Waals surface area contributed by atoms with Gasteiger partial charge < -0.3 is 10.6 Å². The number of aryl methyl sites for hydroxylation is 1. The zero-order valence-corrected chi connectivity index (χ0v) is 13.0. The fraction of sp³-hybridized carbons (Fsp3) is 0.235. The van der Waals surface area contributed by atoms with Crippen LogP contribution in [0.5, 0.6) is 0 Å². The molecule has 0 atom stereocenters. The number of carbonyl (C=O) groups is 1. The van der Waals surface area contributed by atoms with Gasteiger partial charge in [-0.1, -0.05) is 36.7 Å². The summed E-state index contributed by atoms with van der Waals surface area (Å²) in [5, 5.41) is 6.66. The summed E-state index contributed by atoms with van der Waals surface area (Å²) >= 11 is 6.15. The van der Waals surface area contributed by atoms with Gasteiger partial charge in [-0.2, -0.15) is 0 Å². The molecule has 0 unspecified atom stereocenters. The monoisotopic (exact) mass is 302 g/mol. The second kappa shape index (κ2) is 7.14. The van der Waals surface area contributed by atoms with Crippen LogP contribution in [0.4, 0.5) is 11.4 Å². The van der Waals surface area contributed by atoms with Crippen LogP contribution in [0.2, 0.25) is 5.02 Å². The Morgan fingerprint density at radius 1 is 1.14 bits per heavy atom. The van der Waals surface area contributed by atoms with Crippen LogP contribution in [0.15, 0.2) is 42.5 Å². The van der Waals surface area contributed by atoms with E-state index in [4.69, 9.17) is 11.6 Å². The molecular formula is C17H19ClN2O. The van der Waals surface area contributed by atoms with Crippen LogP contribution in [0.25, 0.3) is 0 Å². The number of benzene rings is 2. The van der Waals surface area contributed by atoms with Crippen LogP contribution < -0.4 is 10.6 Å². The Morgan fingerprint density at radius 3 is 2.62 bits per heavy atom. The van der Waals surface area contributed by atoms with Gasteiger partial charge in [0.1, 0.15) is 0 Å². The molecule has 2 aromatic rings. The number of nitrogens with one attached hydrogen (secondary N) is 2. The van der Waals surface area contributed by atoms with E-state index in [1.165, 1.54) is 0 Å². The molecule has 110 valence electrons. The van der Waals surface area contributed by atoms with Crippen LogP contribution in [0.3, 0.4) is 0 Å². The van der Waals surface area contributed by atoms with E-state index in [2.05, 4.69) is 17.6 Å². The standard InChI is InChI=1S/C17H19ClN2O/c1-3-10-19-15-7-5-4-6-13(15)17(21)20-16-9-8-12(2)11-14(16)18/h4-9,11,19H,3,10H2,1-2H3,(H,20,21). The van der Waals surface area contributed by atoms with E-state index in [0.29, 0.717) is 16.3 Å². The van der Waals surface area contributed by atoms with Crippen molar-refractivity contribution in [2.75, 3.05) is 17.2 Å². The fourth-order valence-electron chi connectivity index (χ4n) is 2.01. The minimum atomic E-state index is -0.167. The largest absolute Gasteiger partial charge is 0.384 e. The van der Waals surface area contributed by atoms with Gasteiger partial charge in [0.25, 0.3) is 5.91 Å². The fourth-order valence-corrected chi connectivity index (χ4v) is 2.29. The summed E-state index contributed by atoms with van der Waals surface area (Å²) in [6, 6.07) is 13.0. The van der Waals surface area contributed by atoms with Crippen molar-refractivity contribution in [1.29, 1.82) is 0 Å². The number of halogens is 1. The van der Waals surface area contributed by atoms with Crippen molar-refractivity contribution < 1.29 is 4.79 Å². The quantitative estimate of drug-likeness (QED) is 0.839. The number of rotatable bonds is 5. The Kier molecular flexibility index (Phi) is 5.23. The molecular weight excluding hydrogens is 284 g/mol. The van der Waals surface area contributed by atoms with Crippen molar-refractivity contribution in [2.45, 2.75) is 20.3 Å². The van der Waals surface area contributed by atoms with E-state index in [1.807, 2.05) is 43.3 Å². The van der Waals surface area contributed by atoms with E-state index in [9.17, 15) is 4.79 Å². The first-order chi connectivity index (χ1) is 10.1. The Bertz CT molecular complexity index is 640. The second-order valence-electron chi connectivity index (χ2n) is 4.91. The highest BCUT2D eigenvalue weighted by Gasteiger charge is 2.12. The summed E-state index contributed by atoms with van der Waals surface area (Å²) in [6.07, 6.45) is 1.000. The van der Waals surface area contributed by atoms with Crippen LogP contribution in [0.1, 0.15) is 29.3 Å². The summed E-state index contributed by atoms with van der Waals surface area (Å²) in [5.74, 6) is -0.167. The van der Waals surface area contributed by atoms with Crippen molar-refractivity contribution in [3.63, 3.8) is 0 Å². The first kappa shape index (κ1) is 15.4. The molecule has 2 rings (SSSR count). The molecule has 0 bridgehead atoms. The highest BCUT2D eigenvalue weighted by molar-refractivity contribution is 6.34. The molecule has 0 aliphatic carbocycles. The third kappa shape index (κ3) is 3.99. The number of anilines is 2. The molecule has 0 fully saturated rings. The normalized spacial score (nSPS) is 10.2. The predicted molar refractivity (Wildman–Crippen MR) is 89.4 cm³/mol. The lowest BCUT2D eigenvalue weighted by molar-refractivity contribution is 0.102. The SMILES string of the molecule is CCCNc1ccccc1C(=O)Nc1ccc(C)cc1Cl. The molecule has 0 aliphatic heterocycles. The van der Waals surface area contributed by atoms with Crippen LogP contribution in [-0.4, -0.2) is 12.5 Å². The lowest BCUT2D eigenvalue weighted by Crippen LogP contribution is -2.15. The third-order valence-corrected chi connectivity index (χ3v) is 3.42. The maximum atomic E-state index is 12.4. The van der Waals surface area contributed by atoms with Gasteiger partial charge in [-0.15, -0.1) is 0 Å². The van der Waals surface area contributed by atoms with Crippen LogP contribution in [0, 0.1) is 6.92 Å². The highest BCUT2D eigenvalue weighted by atomic mass is 35.5. The van der Waals surface area contributed by atoms with E-state index >= 15 is 0 Å². The van der Waals surface area contributed by atoms with Gasteiger partial charge in [0.2, 0.25) is 0 Å². The summed E-state index contributed by atoms with van der Waals surface area (Å²) in [7, 11) is 0. The van der Waals surface area contributed by atoms with E-state index in [-0.39, 0.29) is 5.91 Å². The van der Waals surface area contributed by atoms with Gasteiger partial charge in [-0.25, -0.2) is 0 Å². The molecule has 3 nitrogen and oxygen atoms in total. The predicted octanol–water partition coefficient (Wildman–Crippen LogP) is 4.72. The van der Waals surface area contributed by atoms with Crippen molar-refractivity contribution in [1.82, 2.24) is 0 Å². The average molecular weight is 303 g/mol. The molecule has 2 aromatic carbocycles. The lowest BCUT2D eigenvalue weighted by atomic mass is 10.1. The maximum Gasteiger partial charge on any atom is 0.257 e. The van der Waals surface area contributed by atoms with Gasteiger partial charge in [-0.3, -0.25) is 4.79 Å². The summed E-state index contributed by atoms with van der Waals surface area (Å²) in [4.78, 5) is 12.4. The molecule has 1 amide bonds. The van der Waals surface area contributed by atoms with Gasteiger partial charge in [0.15, 0.2) is 0 Å². The zero-order valence-electron chi connectivity index (χ0n) is 12.2. The number of hydrogen-bond acceptors (Lipinski definition) is 2. The summed E-state index contributed by atoms with van der Waals surface area (Å²) < 4.78 is 0. The van der Waals surface area contributed by atoms with Crippen LogP contribution >= 0.6 is 11.6 Å². The van der Waals surface area contributed by atoms with E-state index < -0.39 is 0 Å². The number of carbonyl (C=O) groups excluding carboxylic acids is 1. The molecule has 2 N–H and O–H groups in total. The topological polar surface area (TPSA) is 41.1 Å². The minimum absolute atomic E-state index is 0.167. The second-order valence-corrected chi connectivity index (χ2v) is 5.32. The summed E-state index contributed by atoms with van der Waals surface area (Å²) in [6.45, 7) is 4.87. The Balaban J connectivity index is 2.20.